The van der Waals surface area contributed by atoms with Gasteiger partial charge in [-0.05, 0) is 43.0 Å². The van der Waals surface area contributed by atoms with Crippen LogP contribution < -0.4 is 15.4 Å². The number of hydrogen-bond acceptors (Lipinski definition) is 5. The number of benzene rings is 1. The van der Waals surface area contributed by atoms with E-state index < -0.39 is 0 Å². The molecule has 0 atom stereocenters. The molecule has 0 bridgehead atoms. The number of aryl methyl sites for hydroxylation is 1. The number of methoxy groups -OCH3 is 1. The molecule has 0 aliphatic rings. The van der Waals surface area contributed by atoms with Crippen LogP contribution in [0.4, 0.5) is 11.5 Å². The topological polar surface area (TPSA) is 76.1 Å². The third-order valence-electron chi connectivity index (χ3n) is 3.65. The van der Waals surface area contributed by atoms with Crippen molar-refractivity contribution in [2.24, 2.45) is 5.92 Å². The van der Waals surface area contributed by atoms with E-state index in [2.05, 4.69) is 34.7 Å². The van der Waals surface area contributed by atoms with Gasteiger partial charge in [0.2, 0.25) is 0 Å². The molecule has 7 heteroatoms. The number of ether oxygens (including phenoxy) is 1. The molecule has 0 aliphatic carbocycles. The van der Waals surface area contributed by atoms with E-state index in [0.29, 0.717) is 29.1 Å². The summed E-state index contributed by atoms with van der Waals surface area (Å²) < 4.78 is 5.32. The summed E-state index contributed by atoms with van der Waals surface area (Å²) in [5.74, 6) is 1.43. The third-order valence-corrected chi connectivity index (χ3v) is 4.06. The van der Waals surface area contributed by atoms with Crippen LogP contribution in [0.25, 0.3) is 0 Å². The summed E-state index contributed by atoms with van der Waals surface area (Å²) in [5, 5.41) is 14.6. The number of nitrogens with one attached hydrogen (secondary N) is 2. The Kier molecular flexibility index (Phi) is 6.58. The molecule has 1 aromatic carbocycles. The summed E-state index contributed by atoms with van der Waals surface area (Å²) in [7, 11) is 1.57. The van der Waals surface area contributed by atoms with Gasteiger partial charge in [-0.2, -0.15) is 0 Å². The Morgan fingerprint density at radius 1 is 1.28 bits per heavy atom. The minimum absolute atomic E-state index is 0.223. The highest BCUT2D eigenvalue weighted by atomic mass is 35.5. The predicted octanol–water partition coefficient (Wildman–Crippen LogP) is 3.97. The molecule has 2 rings (SSSR count). The van der Waals surface area contributed by atoms with Gasteiger partial charge in [-0.1, -0.05) is 25.4 Å². The fraction of sp³-hybridized carbons (Fsp3) is 0.389. The number of nitrogens with zero attached hydrogens (tertiary/aromatic N) is 2. The average molecular weight is 363 g/mol. The highest BCUT2D eigenvalue weighted by Crippen LogP contribution is 2.32. The summed E-state index contributed by atoms with van der Waals surface area (Å²) in [4.78, 5) is 12.0. The monoisotopic (exact) mass is 362 g/mol. The van der Waals surface area contributed by atoms with Crippen LogP contribution in [0.3, 0.4) is 0 Å². The molecule has 1 heterocycles. The first-order valence-electron chi connectivity index (χ1n) is 8.13. The lowest BCUT2D eigenvalue weighted by molar-refractivity contribution is 0.0946. The molecule has 0 saturated carbocycles. The van der Waals surface area contributed by atoms with Crippen molar-refractivity contribution in [1.29, 1.82) is 0 Å². The van der Waals surface area contributed by atoms with Gasteiger partial charge in [-0.15, -0.1) is 10.2 Å². The Morgan fingerprint density at radius 3 is 2.64 bits per heavy atom. The Balaban J connectivity index is 2.05. The number of anilines is 2. The zero-order valence-electron chi connectivity index (χ0n) is 14.9. The van der Waals surface area contributed by atoms with Crippen LogP contribution in [0.1, 0.15) is 36.3 Å². The summed E-state index contributed by atoms with van der Waals surface area (Å²) in [6.07, 6.45) is 0.925. The molecule has 2 N–H and O–H groups in total. The van der Waals surface area contributed by atoms with E-state index in [0.717, 1.165) is 17.7 Å². The summed E-state index contributed by atoms with van der Waals surface area (Å²) in [6, 6.07) is 6.95. The zero-order valence-corrected chi connectivity index (χ0v) is 15.6. The van der Waals surface area contributed by atoms with Gasteiger partial charge in [0.05, 0.1) is 12.8 Å². The van der Waals surface area contributed by atoms with Crippen molar-refractivity contribution in [3.63, 3.8) is 0 Å². The largest absolute Gasteiger partial charge is 0.495 e. The smallest absolute Gasteiger partial charge is 0.271 e. The summed E-state index contributed by atoms with van der Waals surface area (Å²) in [6.45, 7) is 6.75. The van der Waals surface area contributed by atoms with Gasteiger partial charge in [0.1, 0.15) is 5.75 Å². The Hall–Kier alpha value is -2.34. The van der Waals surface area contributed by atoms with Crippen LogP contribution in [-0.2, 0) is 0 Å². The molecule has 1 aromatic heterocycles. The zero-order chi connectivity index (χ0) is 18.4. The molecule has 0 radical (unpaired) electrons. The molecule has 0 aliphatic heterocycles. The molecule has 25 heavy (non-hydrogen) atoms. The maximum atomic E-state index is 12.0. The maximum Gasteiger partial charge on any atom is 0.271 e. The Bertz CT molecular complexity index is 733. The van der Waals surface area contributed by atoms with Crippen molar-refractivity contribution >= 4 is 29.0 Å². The molecular formula is C18H23ClN4O2. The second-order valence-electron chi connectivity index (χ2n) is 6.17. The summed E-state index contributed by atoms with van der Waals surface area (Å²) in [5.41, 5.74) is 1.93. The minimum Gasteiger partial charge on any atom is -0.495 e. The number of carbonyl (C=O) groups excluding carboxylic acids is 1. The van der Waals surface area contributed by atoms with E-state index in [4.69, 9.17) is 16.3 Å². The van der Waals surface area contributed by atoms with E-state index in [9.17, 15) is 4.79 Å². The second kappa shape index (κ2) is 8.67. The molecule has 0 saturated heterocycles. The minimum atomic E-state index is -0.223. The van der Waals surface area contributed by atoms with Crippen LogP contribution in [0.15, 0.2) is 24.3 Å². The third kappa shape index (κ3) is 5.32. The van der Waals surface area contributed by atoms with Crippen LogP contribution in [0, 0.1) is 12.8 Å². The van der Waals surface area contributed by atoms with E-state index in [1.54, 1.807) is 25.3 Å². The first-order valence-corrected chi connectivity index (χ1v) is 8.51. The second-order valence-corrected chi connectivity index (χ2v) is 6.58. The summed E-state index contributed by atoms with van der Waals surface area (Å²) >= 11 is 6.10. The first-order chi connectivity index (χ1) is 11.9. The number of carbonyl (C=O) groups is 1. The lowest BCUT2D eigenvalue weighted by atomic mass is 10.1. The molecule has 0 fully saturated rings. The van der Waals surface area contributed by atoms with Crippen molar-refractivity contribution in [3.8, 4) is 5.75 Å². The van der Waals surface area contributed by atoms with Crippen LogP contribution in [0.2, 0.25) is 5.02 Å². The Morgan fingerprint density at radius 2 is 2.04 bits per heavy atom. The first kappa shape index (κ1) is 19.0. The van der Waals surface area contributed by atoms with Crippen LogP contribution >= 0.6 is 11.6 Å². The fourth-order valence-corrected chi connectivity index (χ4v) is 2.31. The van der Waals surface area contributed by atoms with E-state index in [1.165, 1.54) is 0 Å². The van der Waals surface area contributed by atoms with E-state index in [1.807, 2.05) is 13.0 Å². The van der Waals surface area contributed by atoms with Crippen molar-refractivity contribution in [2.75, 3.05) is 19.0 Å². The van der Waals surface area contributed by atoms with Gasteiger partial charge in [0.15, 0.2) is 11.5 Å². The van der Waals surface area contributed by atoms with Crippen molar-refractivity contribution in [3.05, 3.63) is 40.5 Å². The molecule has 0 unspecified atom stereocenters. The number of hydrogen-bond donors (Lipinski definition) is 2. The molecule has 1 amide bonds. The number of rotatable bonds is 7. The van der Waals surface area contributed by atoms with Gasteiger partial charge in [0, 0.05) is 17.6 Å². The molecule has 2 aromatic rings. The highest BCUT2D eigenvalue weighted by molar-refractivity contribution is 6.31. The number of amides is 1. The standard InChI is InChI=1S/C18H23ClN4O2/c1-11(2)7-8-20-18(24)14-5-6-17(23-22-14)21-15-9-12(3)13(19)10-16(15)25-4/h5-6,9-11H,7-8H2,1-4H3,(H,20,24)(H,21,23). The van der Waals surface area contributed by atoms with Gasteiger partial charge in [-0.3, -0.25) is 4.79 Å². The predicted molar refractivity (Wildman–Crippen MR) is 99.8 cm³/mol. The van der Waals surface area contributed by atoms with Crippen LogP contribution in [-0.4, -0.2) is 29.8 Å². The maximum absolute atomic E-state index is 12.0. The molecular weight excluding hydrogens is 340 g/mol. The highest BCUT2D eigenvalue weighted by Gasteiger charge is 2.11. The number of halogens is 1. The lowest BCUT2D eigenvalue weighted by Gasteiger charge is -2.12. The molecule has 134 valence electrons. The van der Waals surface area contributed by atoms with Gasteiger partial charge in [-0.25, -0.2) is 0 Å². The van der Waals surface area contributed by atoms with Crippen molar-refractivity contribution < 1.29 is 9.53 Å². The molecule has 6 nitrogen and oxygen atoms in total. The average Bonchev–Trinajstić information content (AvgIpc) is 2.58. The van der Waals surface area contributed by atoms with Gasteiger partial charge < -0.3 is 15.4 Å². The number of aromatic nitrogens is 2. The molecule has 0 spiro atoms. The fourth-order valence-electron chi connectivity index (χ4n) is 2.15. The van der Waals surface area contributed by atoms with E-state index in [-0.39, 0.29) is 11.6 Å². The normalized spacial score (nSPS) is 10.6. The Labute approximate surface area is 152 Å². The SMILES string of the molecule is COc1cc(Cl)c(C)cc1Nc1ccc(C(=O)NCCC(C)C)nn1. The van der Waals surface area contributed by atoms with Gasteiger partial charge >= 0.3 is 0 Å². The van der Waals surface area contributed by atoms with Crippen molar-refractivity contribution in [2.45, 2.75) is 27.2 Å². The quantitative estimate of drug-likeness (QED) is 0.779. The van der Waals surface area contributed by atoms with Gasteiger partial charge in [0.25, 0.3) is 5.91 Å². The van der Waals surface area contributed by atoms with Crippen LogP contribution in [0.5, 0.6) is 5.75 Å². The van der Waals surface area contributed by atoms with E-state index >= 15 is 0 Å². The lowest BCUT2D eigenvalue weighted by Crippen LogP contribution is -2.26. The van der Waals surface area contributed by atoms with Crippen molar-refractivity contribution in [1.82, 2.24) is 15.5 Å².